The molecule has 3 nitrogen and oxygen atoms in total. The van der Waals surface area contributed by atoms with Gasteiger partial charge in [0.2, 0.25) is 0 Å². The molecule has 0 aliphatic heterocycles. The number of aryl methyl sites for hydroxylation is 1. The molecular weight excluding hydrogens is 338 g/mol. The van der Waals surface area contributed by atoms with E-state index in [4.69, 9.17) is 11.6 Å². The average molecular weight is 357 g/mol. The fraction of sp³-hybridized carbons (Fsp3) is 0.400. The van der Waals surface area contributed by atoms with E-state index in [0.29, 0.717) is 0 Å². The maximum atomic E-state index is 6.13. The Balaban J connectivity index is 2.45. The van der Waals surface area contributed by atoms with Crippen molar-refractivity contribution in [3.05, 3.63) is 51.2 Å². The Morgan fingerprint density at radius 2 is 2.20 bits per heavy atom. The second-order valence-electron chi connectivity index (χ2n) is 4.65. The first kappa shape index (κ1) is 15.5. The lowest BCUT2D eigenvalue weighted by atomic mass is 10.0. The number of halogens is 2. The summed E-state index contributed by atoms with van der Waals surface area (Å²) in [7, 11) is 0. The van der Waals surface area contributed by atoms with Crippen LogP contribution in [0.1, 0.15) is 37.6 Å². The number of benzene rings is 1. The van der Waals surface area contributed by atoms with Gasteiger partial charge in [0.1, 0.15) is 0 Å². The van der Waals surface area contributed by atoms with Gasteiger partial charge in [0.15, 0.2) is 0 Å². The Hall–Kier alpha value is -0.840. The van der Waals surface area contributed by atoms with Gasteiger partial charge < -0.3 is 5.32 Å². The summed E-state index contributed by atoms with van der Waals surface area (Å²) in [6, 6.07) is 8.06. The van der Waals surface area contributed by atoms with Gasteiger partial charge in [-0.15, -0.1) is 0 Å². The molecule has 0 fully saturated rings. The largest absolute Gasteiger partial charge is 0.305 e. The summed E-state index contributed by atoms with van der Waals surface area (Å²) < 4.78 is 3.08. The van der Waals surface area contributed by atoms with Crippen LogP contribution < -0.4 is 5.32 Å². The zero-order valence-corrected chi connectivity index (χ0v) is 14.1. The summed E-state index contributed by atoms with van der Waals surface area (Å²) in [6.45, 7) is 6.04. The summed E-state index contributed by atoms with van der Waals surface area (Å²) in [4.78, 5) is 0. The van der Waals surface area contributed by atoms with Crippen molar-refractivity contribution in [1.82, 2.24) is 15.1 Å². The van der Waals surface area contributed by atoms with Crippen LogP contribution in [0.15, 0.2) is 34.9 Å². The molecule has 1 aromatic heterocycles. The second kappa shape index (κ2) is 7.25. The summed E-state index contributed by atoms with van der Waals surface area (Å²) in [5.41, 5.74) is 2.30. The zero-order chi connectivity index (χ0) is 14.5. The van der Waals surface area contributed by atoms with Gasteiger partial charge in [-0.05, 0) is 46.6 Å². The van der Waals surface area contributed by atoms with Gasteiger partial charge in [-0.25, -0.2) is 0 Å². The van der Waals surface area contributed by atoms with Gasteiger partial charge in [0.05, 0.1) is 22.4 Å². The predicted molar refractivity (Wildman–Crippen MR) is 87.2 cm³/mol. The SMILES string of the molecule is CCCn1ncc(Br)c1C(NCC)c1cccc(Cl)c1. The number of hydrogen-bond donors (Lipinski definition) is 1. The molecule has 0 radical (unpaired) electrons. The molecule has 108 valence electrons. The molecule has 0 aliphatic rings. The molecule has 2 aromatic rings. The van der Waals surface area contributed by atoms with Crippen LogP contribution >= 0.6 is 27.5 Å². The van der Waals surface area contributed by atoms with Crippen LogP contribution in [-0.4, -0.2) is 16.3 Å². The molecule has 0 saturated carbocycles. The Morgan fingerprint density at radius 1 is 1.40 bits per heavy atom. The van der Waals surface area contributed by atoms with Gasteiger partial charge in [0.25, 0.3) is 0 Å². The smallest absolute Gasteiger partial charge is 0.0760 e. The van der Waals surface area contributed by atoms with Gasteiger partial charge in [-0.3, -0.25) is 4.68 Å². The topological polar surface area (TPSA) is 29.9 Å². The third kappa shape index (κ3) is 3.43. The Kier molecular flexibility index (Phi) is 5.64. The molecule has 1 unspecified atom stereocenters. The van der Waals surface area contributed by atoms with E-state index < -0.39 is 0 Å². The highest BCUT2D eigenvalue weighted by molar-refractivity contribution is 9.10. The third-order valence-electron chi connectivity index (χ3n) is 3.13. The van der Waals surface area contributed by atoms with Gasteiger partial charge >= 0.3 is 0 Å². The lowest BCUT2D eigenvalue weighted by Crippen LogP contribution is -2.25. The number of nitrogens with zero attached hydrogens (tertiary/aromatic N) is 2. The predicted octanol–water partition coefficient (Wildman–Crippen LogP) is 4.41. The maximum Gasteiger partial charge on any atom is 0.0760 e. The standard InChI is InChI=1S/C15H19BrClN3/c1-3-8-20-15(13(16)10-19-20)14(18-4-2)11-6-5-7-12(17)9-11/h5-7,9-10,14,18H,3-4,8H2,1-2H3. The summed E-state index contributed by atoms with van der Waals surface area (Å²) in [6.07, 6.45) is 2.91. The number of nitrogens with one attached hydrogen (secondary N) is 1. The molecule has 1 heterocycles. The first-order valence-corrected chi connectivity index (χ1v) is 8.04. The molecule has 0 spiro atoms. The van der Waals surface area contributed by atoms with Crippen molar-refractivity contribution in [2.24, 2.45) is 0 Å². The lowest BCUT2D eigenvalue weighted by molar-refractivity contribution is 0.519. The van der Waals surface area contributed by atoms with E-state index >= 15 is 0 Å². The van der Waals surface area contributed by atoms with Gasteiger partial charge in [-0.1, -0.05) is 37.6 Å². The van der Waals surface area contributed by atoms with Gasteiger partial charge in [-0.2, -0.15) is 5.10 Å². The van der Waals surface area contributed by atoms with Crippen LogP contribution in [0.25, 0.3) is 0 Å². The maximum absolute atomic E-state index is 6.13. The Morgan fingerprint density at radius 3 is 2.85 bits per heavy atom. The minimum Gasteiger partial charge on any atom is -0.305 e. The van der Waals surface area contributed by atoms with Crippen molar-refractivity contribution in [2.75, 3.05) is 6.54 Å². The number of aromatic nitrogens is 2. The van der Waals surface area contributed by atoms with Crippen LogP contribution in [0, 0.1) is 0 Å². The van der Waals surface area contributed by atoms with Crippen LogP contribution in [0.3, 0.4) is 0 Å². The quantitative estimate of drug-likeness (QED) is 0.831. The Bertz CT molecular complexity index is 568. The lowest BCUT2D eigenvalue weighted by Gasteiger charge is -2.21. The van der Waals surface area contributed by atoms with E-state index in [0.717, 1.165) is 40.3 Å². The van der Waals surface area contributed by atoms with E-state index in [9.17, 15) is 0 Å². The monoisotopic (exact) mass is 355 g/mol. The van der Waals surface area contributed by atoms with Crippen molar-refractivity contribution in [2.45, 2.75) is 32.9 Å². The minimum atomic E-state index is 0.0853. The van der Waals surface area contributed by atoms with E-state index in [-0.39, 0.29) is 6.04 Å². The molecule has 0 saturated heterocycles. The third-order valence-corrected chi connectivity index (χ3v) is 3.98. The van der Waals surface area contributed by atoms with Crippen molar-refractivity contribution in [3.8, 4) is 0 Å². The zero-order valence-electron chi connectivity index (χ0n) is 11.7. The van der Waals surface area contributed by atoms with Crippen molar-refractivity contribution < 1.29 is 0 Å². The second-order valence-corrected chi connectivity index (χ2v) is 5.94. The van der Waals surface area contributed by atoms with E-state index in [1.807, 2.05) is 24.4 Å². The first-order chi connectivity index (χ1) is 9.67. The molecule has 1 N–H and O–H groups in total. The van der Waals surface area contributed by atoms with Crippen LogP contribution in [0.5, 0.6) is 0 Å². The van der Waals surface area contributed by atoms with Crippen molar-refractivity contribution >= 4 is 27.5 Å². The molecule has 1 atom stereocenters. The van der Waals surface area contributed by atoms with Crippen LogP contribution in [-0.2, 0) is 6.54 Å². The van der Waals surface area contributed by atoms with Crippen LogP contribution in [0.4, 0.5) is 0 Å². The Labute approximate surface area is 133 Å². The molecule has 1 aromatic carbocycles. The first-order valence-electron chi connectivity index (χ1n) is 6.87. The van der Waals surface area contributed by atoms with Crippen molar-refractivity contribution in [1.29, 1.82) is 0 Å². The minimum absolute atomic E-state index is 0.0853. The highest BCUT2D eigenvalue weighted by Crippen LogP contribution is 2.30. The van der Waals surface area contributed by atoms with E-state index in [1.165, 1.54) is 0 Å². The fourth-order valence-corrected chi connectivity index (χ4v) is 3.04. The van der Waals surface area contributed by atoms with Gasteiger partial charge in [0, 0.05) is 11.6 Å². The summed E-state index contributed by atoms with van der Waals surface area (Å²) >= 11 is 9.75. The number of rotatable bonds is 6. The molecule has 20 heavy (non-hydrogen) atoms. The summed E-state index contributed by atoms with van der Waals surface area (Å²) in [5.74, 6) is 0. The molecular formula is C15H19BrClN3. The average Bonchev–Trinajstić information content (AvgIpc) is 2.78. The highest BCUT2D eigenvalue weighted by atomic mass is 79.9. The van der Waals surface area contributed by atoms with Crippen molar-refractivity contribution in [3.63, 3.8) is 0 Å². The van der Waals surface area contributed by atoms with E-state index in [1.54, 1.807) is 0 Å². The van der Waals surface area contributed by atoms with Crippen LogP contribution in [0.2, 0.25) is 5.02 Å². The highest BCUT2D eigenvalue weighted by Gasteiger charge is 2.21. The molecule has 5 heteroatoms. The van der Waals surface area contributed by atoms with E-state index in [2.05, 4.69) is 50.9 Å². The fourth-order valence-electron chi connectivity index (χ4n) is 2.31. The molecule has 2 rings (SSSR count). The molecule has 0 aliphatic carbocycles. The molecule has 0 bridgehead atoms. The normalized spacial score (nSPS) is 12.6. The molecule has 0 amide bonds. The summed E-state index contributed by atoms with van der Waals surface area (Å²) in [5, 5.41) is 8.72. The number of hydrogen-bond acceptors (Lipinski definition) is 2.